The molecule has 3 heteroatoms. The molecule has 0 aliphatic carbocycles. The molecule has 1 fully saturated rings. The van der Waals surface area contributed by atoms with E-state index in [9.17, 15) is 0 Å². The van der Waals surface area contributed by atoms with Crippen LogP contribution in [-0.2, 0) is 6.54 Å². The Labute approximate surface area is 123 Å². The number of hydrogen-bond acceptors (Lipinski definition) is 2. The molecule has 0 aromatic heterocycles. The first-order valence-corrected chi connectivity index (χ1v) is 7.17. The fourth-order valence-corrected chi connectivity index (χ4v) is 3.18. The van der Waals surface area contributed by atoms with Gasteiger partial charge in [-0.1, -0.05) is 29.3 Å². The molecule has 1 aromatic carbocycles. The minimum Gasteiger partial charge on any atom is -0.330 e. The summed E-state index contributed by atoms with van der Waals surface area (Å²) < 4.78 is 0. The third-order valence-corrected chi connectivity index (χ3v) is 3.87. The number of aryl methyl sites for hydroxylation is 2. The van der Waals surface area contributed by atoms with E-state index in [1.54, 1.807) is 0 Å². The monoisotopic (exact) mass is 282 g/mol. The van der Waals surface area contributed by atoms with Crippen LogP contribution in [0.15, 0.2) is 18.2 Å². The zero-order valence-electron chi connectivity index (χ0n) is 12.2. The molecule has 1 atom stereocenters. The summed E-state index contributed by atoms with van der Waals surface area (Å²) in [6.45, 7) is 8.78. The maximum absolute atomic E-state index is 5.68. The van der Waals surface area contributed by atoms with E-state index in [0.717, 1.165) is 19.0 Å². The molecule has 2 nitrogen and oxygen atoms in total. The molecule has 1 aliphatic heterocycles. The van der Waals surface area contributed by atoms with Crippen LogP contribution in [0.2, 0.25) is 0 Å². The second kappa shape index (κ2) is 7.88. The Bertz CT molecular complexity index is 370. The molecule has 0 amide bonds. The lowest BCUT2D eigenvalue weighted by molar-refractivity contribution is 0.163. The fraction of sp³-hybridized carbons (Fsp3) is 0.625. The number of nitrogens with two attached hydrogens (primary N) is 1. The third kappa shape index (κ3) is 5.13. The molecular formula is C16H27ClN2. The SMILES string of the molecule is Cc1cc(C)cc(CN2CCCC(CCN)C2)c1.Cl. The van der Waals surface area contributed by atoms with E-state index in [-0.39, 0.29) is 12.4 Å². The Morgan fingerprint density at radius 1 is 1.21 bits per heavy atom. The maximum atomic E-state index is 5.68. The zero-order chi connectivity index (χ0) is 13.0. The van der Waals surface area contributed by atoms with Crippen molar-refractivity contribution >= 4 is 12.4 Å². The summed E-state index contributed by atoms with van der Waals surface area (Å²) in [5, 5.41) is 0. The summed E-state index contributed by atoms with van der Waals surface area (Å²) in [6.07, 6.45) is 3.87. The zero-order valence-corrected chi connectivity index (χ0v) is 13.0. The molecule has 1 aromatic rings. The standard InChI is InChI=1S/C16H26N2.ClH/c1-13-8-14(2)10-16(9-13)12-18-7-3-4-15(11-18)5-6-17;/h8-10,15H,3-7,11-12,17H2,1-2H3;1H. The summed E-state index contributed by atoms with van der Waals surface area (Å²) in [7, 11) is 0. The molecule has 1 heterocycles. The summed E-state index contributed by atoms with van der Waals surface area (Å²) in [4.78, 5) is 2.60. The highest BCUT2D eigenvalue weighted by Crippen LogP contribution is 2.21. The number of nitrogens with zero attached hydrogens (tertiary/aromatic N) is 1. The van der Waals surface area contributed by atoms with E-state index >= 15 is 0 Å². The van der Waals surface area contributed by atoms with Crippen molar-refractivity contribution in [2.45, 2.75) is 39.7 Å². The Kier molecular flexibility index (Phi) is 6.84. The summed E-state index contributed by atoms with van der Waals surface area (Å²) in [5.41, 5.74) is 9.89. The molecular weight excluding hydrogens is 256 g/mol. The normalized spacial score (nSPS) is 20.1. The first kappa shape index (κ1) is 16.5. The Hall–Kier alpha value is -0.570. The van der Waals surface area contributed by atoms with Crippen LogP contribution in [-0.4, -0.2) is 24.5 Å². The first-order chi connectivity index (χ1) is 8.67. The average Bonchev–Trinajstić information content (AvgIpc) is 2.28. The van der Waals surface area contributed by atoms with Gasteiger partial charge in [0.15, 0.2) is 0 Å². The van der Waals surface area contributed by atoms with Crippen LogP contribution in [0.4, 0.5) is 0 Å². The van der Waals surface area contributed by atoms with Crippen molar-refractivity contribution in [2.75, 3.05) is 19.6 Å². The molecule has 2 N–H and O–H groups in total. The maximum Gasteiger partial charge on any atom is 0.0234 e. The van der Waals surface area contributed by atoms with Crippen LogP contribution in [0.5, 0.6) is 0 Å². The van der Waals surface area contributed by atoms with Gasteiger partial charge in [0, 0.05) is 13.1 Å². The second-order valence-corrected chi connectivity index (χ2v) is 5.82. The highest BCUT2D eigenvalue weighted by atomic mass is 35.5. The molecule has 1 aliphatic rings. The predicted molar refractivity (Wildman–Crippen MR) is 84.8 cm³/mol. The summed E-state index contributed by atoms with van der Waals surface area (Å²) in [5.74, 6) is 0.814. The van der Waals surface area contributed by atoms with Crippen molar-refractivity contribution in [3.8, 4) is 0 Å². The van der Waals surface area contributed by atoms with Gasteiger partial charge in [-0.25, -0.2) is 0 Å². The topological polar surface area (TPSA) is 29.3 Å². The van der Waals surface area contributed by atoms with E-state index < -0.39 is 0 Å². The van der Waals surface area contributed by atoms with Crippen molar-refractivity contribution in [1.82, 2.24) is 4.90 Å². The van der Waals surface area contributed by atoms with Crippen LogP contribution in [0, 0.1) is 19.8 Å². The molecule has 19 heavy (non-hydrogen) atoms. The number of likely N-dealkylation sites (tertiary alicyclic amines) is 1. The molecule has 0 bridgehead atoms. The number of halogens is 1. The summed E-state index contributed by atoms with van der Waals surface area (Å²) >= 11 is 0. The van der Waals surface area contributed by atoms with Crippen LogP contribution < -0.4 is 5.73 Å². The van der Waals surface area contributed by atoms with E-state index in [2.05, 4.69) is 36.9 Å². The van der Waals surface area contributed by atoms with Crippen LogP contribution in [0.1, 0.15) is 36.0 Å². The molecule has 2 rings (SSSR count). The van der Waals surface area contributed by atoms with Crippen molar-refractivity contribution in [2.24, 2.45) is 11.7 Å². The number of rotatable bonds is 4. The highest BCUT2D eigenvalue weighted by molar-refractivity contribution is 5.85. The minimum absolute atomic E-state index is 0. The highest BCUT2D eigenvalue weighted by Gasteiger charge is 2.19. The van der Waals surface area contributed by atoms with E-state index in [0.29, 0.717) is 0 Å². The van der Waals surface area contributed by atoms with E-state index in [4.69, 9.17) is 5.73 Å². The second-order valence-electron chi connectivity index (χ2n) is 5.82. The lowest BCUT2D eigenvalue weighted by Crippen LogP contribution is -2.35. The van der Waals surface area contributed by atoms with Crippen molar-refractivity contribution in [3.05, 3.63) is 34.9 Å². The van der Waals surface area contributed by atoms with Crippen LogP contribution in [0.25, 0.3) is 0 Å². The first-order valence-electron chi connectivity index (χ1n) is 7.17. The lowest BCUT2D eigenvalue weighted by Gasteiger charge is -2.32. The number of benzene rings is 1. The van der Waals surface area contributed by atoms with Crippen molar-refractivity contribution in [1.29, 1.82) is 0 Å². The smallest absolute Gasteiger partial charge is 0.0234 e. The van der Waals surface area contributed by atoms with Gasteiger partial charge >= 0.3 is 0 Å². The quantitative estimate of drug-likeness (QED) is 0.918. The fourth-order valence-electron chi connectivity index (χ4n) is 3.18. The van der Waals surface area contributed by atoms with Gasteiger partial charge in [-0.15, -0.1) is 12.4 Å². The van der Waals surface area contributed by atoms with Crippen LogP contribution in [0.3, 0.4) is 0 Å². The van der Waals surface area contributed by atoms with Crippen molar-refractivity contribution < 1.29 is 0 Å². The van der Waals surface area contributed by atoms with Gasteiger partial charge in [-0.2, -0.15) is 0 Å². The van der Waals surface area contributed by atoms with Gasteiger partial charge in [0.25, 0.3) is 0 Å². The van der Waals surface area contributed by atoms with Gasteiger partial charge in [-0.3, -0.25) is 4.90 Å². The molecule has 1 unspecified atom stereocenters. The van der Waals surface area contributed by atoms with E-state index in [1.165, 1.54) is 49.0 Å². The minimum atomic E-state index is 0. The summed E-state index contributed by atoms with van der Waals surface area (Å²) in [6, 6.07) is 6.88. The third-order valence-electron chi connectivity index (χ3n) is 3.87. The van der Waals surface area contributed by atoms with Gasteiger partial charge in [0.05, 0.1) is 0 Å². The van der Waals surface area contributed by atoms with Gasteiger partial charge in [-0.05, 0) is 57.7 Å². The van der Waals surface area contributed by atoms with Gasteiger partial charge in [0.2, 0.25) is 0 Å². The Morgan fingerprint density at radius 2 is 1.89 bits per heavy atom. The van der Waals surface area contributed by atoms with Crippen LogP contribution >= 0.6 is 12.4 Å². The van der Waals surface area contributed by atoms with Gasteiger partial charge < -0.3 is 5.73 Å². The lowest BCUT2D eigenvalue weighted by atomic mass is 9.94. The molecule has 108 valence electrons. The molecule has 0 spiro atoms. The predicted octanol–water partition coefficient (Wildman–Crippen LogP) is 3.29. The van der Waals surface area contributed by atoms with Gasteiger partial charge in [0.1, 0.15) is 0 Å². The number of hydrogen-bond donors (Lipinski definition) is 1. The van der Waals surface area contributed by atoms with E-state index in [1.807, 2.05) is 0 Å². The molecule has 0 radical (unpaired) electrons. The van der Waals surface area contributed by atoms with Crippen molar-refractivity contribution in [3.63, 3.8) is 0 Å². The number of piperidine rings is 1. The Morgan fingerprint density at radius 3 is 2.53 bits per heavy atom. The molecule has 1 saturated heterocycles. The average molecular weight is 283 g/mol. The largest absolute Gasteiger partial charge is 0.330 e. The molecule has 0 saturated carbocycles. The Balaban J connectivity index is 0.00000180.